The Kier molecular flexibility index (Phi) is 6.93. The molecule has 2 atom stereocenters. The molecule has 1 N–H and O–H groups in total. The van der Waals surface area contributed by atoms with Crippen molar-refractivity contribution in [1.29, 1.82) is 0 Å². The van der Waals surface area contributed by atoms with Gasteiger partial charge in [-0.15, -0.1) is 0 Å². The van der Waals surface area contributed by atoms with Crippen molar-refractivity contribution in [3.63, 3.8) is 0 Å². The van der Waals surface area contributed by atoms with Crippen molar-refractivity contribution < 1.29 is 28.7 Å². The summed E-state index contributed by atoms with van der Waals surface area (Å²) in [5.74, 6) is -2.33. The zero-order valence-corrected chi connectivity index (χ0v) is 16.9. The van der Waals surface area contributed by atoms with Crippen LogP contribution in [0.15, 0.2) is 0 Å². The van der Waals surface area contributed by atoms with Crippen LogP contribution in [0.1, 0.15) is 34.1 Å². The number of imide groups is 1. The first-order valence-corrected chi connectivity index (χ1v) is 8.67. The minimum atomic E-state index is -1.13. The summed E-state index contributed by atoms with van der Waals surface area (Å²) in [5, 5.41) is 2.40. The molecule has 0 aromatic carbocycles. The summed E-state index contributed by atoms with van der Waals surface area (Å²) in [6, 6.07) is -2.85. The lowest BCUT2D eigenvalue weighted by Gasteiger charge is -2.31. The molecule has 0 aromatic rings. The standard InChI is InChI=1S/C17H28N4O6/c1-8-27-12(22)9-11(13(23)18-5)19(6)14(24)10(2)21-15(25)17(3,4)20(7)16(21)26/h10-11H,8-9H2,1-7H3,(H,18,23). The molecular formula is C17H28N4O6. The molecule has 1 saturated heterocycles. The molecule has 0 aromatic heterocycles. The van der Waals surface area contributed by atoms with E-state index in [-0.39, 0.29) is 13.0 Å². The monoisotopic (exact) mass is 384 g/mol. The lowest BCUT2D eigenvalue weighted by molar-refractivity contribution is -0.151. The van der Waals surface area contributed by atoms with Crippen LogP contribution in [0.25, 0.3) is 0 Å². The van der Waals surface area contributed by atoms with E-state index >= 15 is 0 Å². The van der Waals surface area contributed by atoms with Crippen molar-refractivity contribution in [3.8, 4) is 0 Å². The Bertz CT molecular complexity index is 647. The van der Waals surface area contributed by atoms with Gasteiger partial charge < -0.3 is 19.9 Å². The van der Waals surface area contributed by atoms with Crippen LogP contribution in [0.5, 0.6) is 0 Å². The second-order valence-corrected chi connectivity index (χ2v) is 6.84. The van der Waals surface area contributed by atoms with E-state index < -0.39 is 47.3 Å². The van der Waals surface area contributed by atoms with Gasteiger partial charge in [-0.3, -0.25) is 19.2 Å². The van der Waals surface area contributed by atoms with Crippen LogP contribution < -0.4 is 5.32 Å². The molecular weight excluding hydrogens is 356 g/mol. The molecule has 27 heavy (non-hydrogen) atoms. The van der Waals surface area contributed by atoms with Crippen molar-refractivity contribution in [2.24, 2.45) is 0 Å². The molecule has 10 nitrogen and oxygen atoms in total. The highest BCUT2D eigenvalue weighted by Crippen LogP contribution is 2.28. The van der Waals surface area contributed by atoms with Gasteiger partial charge in [0.1, 0.15) is 17.6 Å². The maximum Gasteiger partial charge on any atom is 0.328 e. The van der Waals surface area contributed by atoms with Gasteiger partial charge in [0.05, 0.1) is 13.0 Å². The fraction of sp³-hybridized carbons (Fsp3) is 0.706. The summed E-state index contributed by atoms with van der Waals surface area (Å²) in [6.45, 7) is 6.36. The van der Waals surface area contributed by atoms with Crippen molar-refractivity contribution >= 4 is 29.7 Å². The van der Waals surface area contributed by atoms with Gasteiger partial charge in [-0.2, -0.15) is 0 Å². The van der Waals surface area contributed by atoms with E-state index in [9.17, 15) is 24.0 Å². The molecule has 0 bridgehead atoms. The number of ether oxygens (including phenoxy) is 1. The number of hydrogen-bond donors (Lipinski definition) is 1. The minimum absolute atomic E-state index is 0.144. The molecule has 5 amide bonds. The van der Waals surface area contributed by atoms with Crippen molar-refractivity contribution in [2.75, 3.05) is 27.7 Å². The van der Waals surface area contributed by atoms with Gasteiger partial charge in [0.15, 0.2) is 0 Å². The predicted molar refractivity (Wildman–Crippen MR) is 95.4 cm³/mol. The normalized spacial score (nSPS) is 18.2. The molecule has 1 aliphatic heterocycles. The van der Waals surface area contributed by atoms with Crippen LogP contribution in [-0.2, 0) is 23.9 Å². The highest BCUT2D eigenvalue weighted by molar-refractivity contribution is 6.09. The first kappa shape index (κ1) is 22.4. The van der Waals surface area contributed by atoms with Crippen LogP contribution in [-0.4, -0.2) is 89.8 Å². The van der Waals surface area contributed by atoms with E-state index in [1.165, 1.54) is 33.0 Å². The van der Waals surface area contributed by atoms with E-state index in [4.69, 9.17) is 4.74 Å². The SMILES string of the molecule is CCOC(=O)CC(C(=O)NC)N(C)C(=O)C(C)N1C(=O)N(C)C(C)(C)C1=O. The molecule has 0 radical (unpaired) electrons. The summed E-state index contributed by atoms with van der Waals surface area (Å²) in [4.78, 5) is 65.0. The van der Waals surface area contributed by atoms with Crippen molar-refractivity contribution in [1.82, 2.24) is 20.0 Å². The van der Waals surface area contributed by atoms with E-state index in [0.717, 1.165) is 9.80 Å². The number of esters is 1. The lowest BCUT2D eigenvalue weighted by Crippen LogP contribution is -2.55. The van der Waals surface area contributed by atoms with Gasteiger partial charge >= 0.3 is 12.0 Å². The summed E-state index contributed by atoms with van der Waals surface area (Å²) >= 11 is 0. The Morgan fingerprint density at radius 1 is 1.26 bits per heavy atom. The average molecular weight is 384 g/mol. The van der Waals surface area contributed by atoms with Crippen LogP contribution in [0.4, 0.5) is 4.79 Å². The second-order valence-electron chi connectivity index (χ2n) is 6.84. The minimum Gasteiger partial charge on any atom is -0.466 e. The number of hydrogen-bond acceptors (Lipinski definition) is 6. The quantitative estimate of drug-likeness (QED) is 0.470. The van der Waals surface area contributed by atoms with E-state index in [0.29, 0.717) is 0 Å². The highest BCUT2D eigenvalue weighted by Gasteiger charge is 2.52. The number of likely N-dealkylation sites (N-methyl/N-ethyl adjacent to an activating group) is 3. The summed E-state index contributed by atoms with van der Waals surface area (Å²) in [5.41, 5.74) is -1.07. The summed E-state index contributed by atoms with van der Waals surface area (Å²) in [6.07, 6.45) is -0.338. The fourth-order valence-electron chi connectivity index (χ4n) is 2.78. The Morgan fingerprint density at radius 2 is 1.81 bits per heavy atom. The first-order chi connectivity index (χ1) is 12.4. The zero-order chi connectivity index (χ0) is 21.1. The van der Waals surface area contributed by atoms with Crippen molar-refractivity contribution in [3.05, 3.63) is 0 Å². The molecule has 1 fully saturated rings. The molecule has 1 heterocycles. The van der Waals surface area contributed by atoms with Crippen LogP contribution in [0.2, 0.25) is 0 Å². The lowest BCUT2D eigenvalue weighted by atomic mass is 10.0. The Balaban J connectivity index is 3.06. The van der Waals surface area contributed by atoms with E-state index in [2.05, 4.69) is 5.32 Å². The molecule has 1 rings (SSSR count). The predicted octanol–water partition coefficient (Wildman–Crippen LogP) is -0.426. The fourth-order valence-corrected chi connectivity index (χ4v) is 2.78. The number of urea groups is 1. The molecule has 1 aliphatic rings. The molecule has 0 saturated carbocycles. The largest absolute Gasteiger partial charge is 0.466 e. The number of nitrogens with one attached hydrogen (secondary N) is 1. The zero-order valence-electron chi connectivity index (χ0n) is 16.9. The first-order valence-electron chi connectivity index (χ1n) is 8.67. The highest BCUT2D eigenvalue weighted by atomic mass is 16.5. The number of carbonyl (C=O) groups excluding carboxylic acids is 5. The second kappa shape index (κ2) is 8.36. The number of carbonyl (C=O) groups is 5. The number of rotatable bonds is 7. The van der Waals surface area contributed by atoms with Crippen LogP contribution in [0.3, 0.4) is 0 Å². The molecule has 0 aliphatic carbocycles. The third kappa shape index (κ3) is 4.20. The van der Waals surface area contributed by atoms with Gasteiger partial charge in [0, 0.05) is 21.1 Å². The van der Waals surface area contributed by atoms with Crippen LogP contribution in [0, 0.1) is 0 Å². The Morgan fingerprint density at radius 3 is 2.22 bits per heavy atom. The summed E-state index contributed by atoms with van der Waals surface area (Å²) < 4.78 is 4.85. The average Bonchev–Trinajstić information content (AvgIpc) is 2.77. The third-order valence-corrected chi connectivity index (χ3v) is 4.85. The third-order valence-electron chi connectivity index (χ3n) is 4.85. The van der Waals surface area contributed by atoms with E-state index in [1.807, 2.05) is 0 Å². The van der Waals surface area contributed by atoms with Gasteiger partial charge in [-0.25, -0.2) is 9.69 Å². The molecule has 0 spiro atoms. The van der Waals surface area contributed by atoms with Crippen LogP contribution >= 0.6 is 0 Å². The van der Waals surface area contributed by atoms with Gasteiger partial charge in [0.25, 0.3) is 5.91 Å². The van der Waals surface area contributed by atoms with Gasteiger partial charge in [-0.1, -0.05) is 0 Å². The number of amides is 5. The topological polar surface area (TPSA) is 116 Å². The Hall–Kier alpha value is -2.65. The maximum atomic E-state index is 12.9. The Labute approximate surface area is 158 Å². The van der Waals surface area contributed by atoms with Gasteiger partial charge in [0.2, 0.25) is 11.8 Å². The molecule has 152 valence electrons. The van der Waals surface area contributed by atoms with Gasteiger partial charge in [-0.05, 0) is 27.7 Å². The van der Waals surface area contributed by atoms with E-state index in [1.54, 1.807) is 20.8 Å². The maximum absolute atomic E-state index is 12.9. The smallest absolute Gasteiger partial charge is 0.328 e. The molecule has 10 heteroatoms. The number of nitrogens with zero attached hydrogens (tertiary/aromatic N) is 3. The molecule has 2 unspecified atom stereocenters. The van der Waals surface area contributed by atoms with Crippen molar-refractivity contribution in [2.45, 2.75) is 51.7 Å². The summed E-state index contributed by atoms with van der Waals surface area (Å²) in [7, 11) is 4.21.